The fourth-order valence-electron chi connectivity index (χ4n) is 7.04. The first-order valence-corrected chi connectivity index (χ1v) is 10.8. The van der Waals surface area contributed by atoms with Gasteiger partial charge in [0.25, 0.3) is 0 Å². The summed E-state index contributed by atoms with van der Waals surface area (Å²) in [5.74, 6) is 1.37. The van der Waals surface area contributed by atoms with Gasteiger partial charge in [-0.25, -0.2) is 0 Å². The summed E-state index contributed by atoms with van der Waals surface area (Å²) >= 11 is 0. The standard InChI is InChI=1S/C21H34N2O2/c1-2-19(24)22-12-16-17-13-23(14-21(17)9-6-18(16)25-21)15-10-20(11-15)7-4-3-5-8-20/h15-18H,2-14H2,1H3,(H,22,24)/t16-,17+,18+,21+/m0/s1. The average Bonchev–Trinajstić information content (AvgIpc) is 3.26. The Morgan fingerprint density at radius 1 is 1.20 bits per heavy atom. The molecule has 5 aliphatic rings. The van der Waals surface area contributed by atoms with Gasteiger partial charge in [0.1, 0.15) is 0 Å². The molecule has 1 amide bonds. The zero-order chi connectivity index (χ0) is 17.1. The van der Waals surface area contributed by atoms with Crippen LogP contribution in [0.25, 0.3) is 0 Å². The molecule has 25 heavy (non-hydrogen) atoms. The van der Waals surface area contributed by atoms with E-state index in [1.165, 1.54) is 64.3 Å². The molecule has 4 nitrogen and oxygen atoms in total. The Balaban J connectivity index is 1.22. The van der Waals surface area contributed by atoms with Crippen LogP contribution in [-0.2, 0) is 9.53 Å². The highest BCUT2D eigenvalue weighted by Gasteiger charge is 2.64. The summed E-state index contributed by atoms with van der Waals surface area (Å²) in [6.07, 6.45) is 13.7. The van der Waals surface area contributed by atoms with Gasteiger partial charge >= 0.3 is 0 Å². The maximum Gasteiger partial charge on any atom is 0.219 e. The third kappa shape index (κ3) is 2.58. The van der Waals surface area contributed by atoms with E-state index in [-0.39, 0.29) is 11.5 Å². The Morgan fingerprint density at radius 2 is 2.00 bits per heavy atom. The van der Waals surface area contributed by atoms with E-state index in [4.69, 9.17) is 4.74 Å². The lowest BCUT2D eigenvalue weighted by atomic mass is 9.58. The second kappa shape index (κ2) is 5.95. The highest BCUT2D eigenvalue weighted by molar-refractivity contribution is 5.75. The molecule has 3 heterocycles. The molecule has 2 aliphatic carbocycles. The lowest BCUT2D eigenvalue weighted by Crippen LogP contribution is -2.52. The summed E-state index contributed by atoms with van der Waals surface area (Å²) < 4.78 is 6.56. The van der Waals surface area contributed by atoms with Gasteiger partial charge in [0.05, 0.1) is 11.7 Å². The predicted octanol–water partition coefficient (Wildman–Crippen LogP) is 3.10. The first kappa shape index (κ1) is 16.6. The molecule has 4 atom stereocenters. The van der Waals surface area contributed by atoms with E-state index in [0.717, 1.165) is 19.1 Å². The maximum atomic E-state index is 11.7. The Labute approximate surface area is 152 Å². The molecule has 3 saturated heterocycles. The highest BCUT2D eigenvalue weighted by Crippen LogP contribution is 2.59. The van der Waals surface area contributed by atoms with Crippen LogP contribution in [0.4, 0.5) is 0 Å². The first-order chi connectivity index (χ1) is 12.1. The molecule has 2 saturated carbocycles. The molecule has 0 aromatic rings. The van der Waals surface area contributed by atoms with Gasteiger partial charge in [-0.05, 0) is 43.9 Å². The van der Waals surface area contributed by atoms with Crippen molar-refractivity contribution in [2.75, 3.05) is 19.6 Å². The number of fused-ring (bicyclic) bond motifs is 1. The van der Waals surface area contributed by atoms with Crippen LogP contribution in [0.2, 0.25) is 0 Å². The second-order valence-electron chi connectivity index (χ2n) is 9.74. The monoisotopic (exact) mass is 346 g/mol. The highest BCUT2D eigenvalue weighted by atomic mass is 16.5. The third-order valence-corrected chi connectivity index (χ3v) is 8.43. The van der Waals surface area contributed by atoms with E-state index < -0.39 is 0 Å². The molecule has 3 aliphatic heterocycles. The lowest BCUT2D eigenvalue weighted by Gasteiger charge is -2.53. The number of rotatable bonds is 4. The van der Waals surface area contributed by atoms with E-state index in [0.29, 0.717) is 29.8 Å². The molecule has 4 heteroatoms. The summed E-state index contributed by atoms with van der Waals surface area (Å²) in [6.45, 7) is 5.13. The van der Waals surface area contributed by atoms with Crippen LogP contribution in [0.15, 0.2) is 0 Å². The predicted molar refractivity (Wildman–Crippen MR) is 97.2 cm³/mol. The van der Waals surface area contributed by atoms with Gasteiger partial charge in [-0.2, -0.15) is 0 Å². The van der Waals surface area contributed by atoms with Crippen molar-refractivity contribution < 1.29 is 9.53 Å². The zero-order valence-corrected chi connectivity index (χ0v) is 15.8. The van der Waals surface area contributed by atoms with Crippen LogP contribution in [0.1, 0.15) is 71.1 Å². The Bertz CT molecular complexity index is 536. The van der Waals surface area contributed by atoms with E-state index in [1.54, 1.807) is 0 Å². The summed E-state index contributed by atoms with van der Waals surface area (Å²) in [5, 5.41) is 3.15. The van der Waals surface area contributed by atoms with E-state index >= 15 is 0 Å². The Kier molecular flexibility index (Phi) is 3.94. The van der Waals surface area contributed by atoms with Gasteiger partial charge in [0.2, 0.25) is 5.91 Å². The number of amides is 1. The van der Waals surface area contributed by atoms with Gasteiger partial charge < -0.3 is 10.1 Å². The number of carbonyl (C=O) groups excluding carboxylic acids is 1. The molecule has 0 aromatic carbocycles. The van der Waals surface area contributed by atoms with E-state index in [2.05, 4.69) is 10.2 Å². The Morgan fingerprint density at radius 3 is 2.76 bits per heavy atom. The molecular formula is C21H34N2O2. The van der Waals surface area contributed by atoms with Crippen LogP contribution in [0.5, 0.6) is 0 Å². The Hall–Kier alpha value is -0.610. The van der Waals surface area contributed by atoms with Crippen molar-refractivity contribution in [3.63, 3.8) is 0 Å². The van der Waals surface area contributed by atoms with Crippen molar-refractivity contribution in [1.82, 2.24) is 10.2 Å². The van der Waals surface area contributed by atoms with Gasteiger partial charge in [0.15, 0.2) is 0 Å². The van der Waals surface area contributed by atoms with Crippen molar-refractivity contribution in [2.45, 2.75) is 88.9 Å². The molecule has 0 aromatic heterocycles. The number of hydrogen-bond acceptors (Lipinski definition) is 3. The minimum absolute atomic E-state index is 0.127. The zero-order valence-electron chi connectivity index (χ0n) is 15.8. The van der Waals surface area contributed by atoms with Crippen LogP contribution >= 0.6 is 0 Å². The second-order valence-corrected chi connectivity index (χ2v) is 9.74. The number of nitrogens with zero attached hydrogens (tertiary/aromatic N) is 1. The quantitative estimate of drug-likeness (QED) is 0.850. The first-order valence-electron chi connectivity index (χ1n) is 10.8. The number of carbonyl (C=O) groups is 1. The molecule has 1 N–H and O–H groups in total. The van der Waals surface area contributed by atoms with Crippen LogP contribution < -0.4 is 5.32 Å². The van der Waals surface area contributed by atoms with Crippen LogP contribution in [0.3, 0.4) is 0 Å². The van der Waals surface area contributed by atoms with Gasteiger partial charge in [0, 0.05) is 43.9 Å². The SMILES string of the molecule is CCC(=O)NC[C@H]1[C@H]2CN(C3CC4(CCCCC4)C3)C[C@]23CC[C@H]1O3. The van der Waals surface area contributed by atoms with Crippen LogP contribution in [-0.4, -0.2) is 48.2 Å². The molecule has 2 bridgehead atoms. The maximum absolute atomic E-state index is 11.7. The molecule has 140 valence electrons. The van der Waals surface area contributed by atoms with E-state index in [1.807, 2.05) is 6.92 Å². The minimum atomic E-state index is 0.127. The van der Waals surface area contributed by atoms with Crippen molar-refractivity contribution in [1.29, 1.82) is 0 Å². The van der Waals surface area contributed by atoms with Gasteiger partial charge in [-0.15, -0.1) is 0 Å². The topological polar surface area (TPSA) is 41.6 Å². The van der Waals surface area contributed by atoms with Crippen molar-refractivity contribution >= 4 is 5.91 Å². The molecular weight excluding hydrogens is 312 g/mol. The van der Waals surface area contributed by atoms with Crippen molar-refractivity contribution in [2.24, 2.45) is 17.3 Å². The number of nitrogens with one attached hydrogen (secondary N) is 1. The molecule has 0 unspecified atom stereocenters. The minimum Gasteiger partial charge on any atom is -0.370 e. The van der Waals surface area contributed by atoms with E-state index in [9.17, 15) is 4.79 Å². The molecule has 5 rings (SSSR count). The summed E-state index contributed by atoms with van der Waals surface area (Å²) in [7, 11) is 0. The largest absolute Gasteiger partial charge is 0.370 e. The number of ether oxygens (including phenoxy) is 1. The van der Waals surface area contributed by atoms with Crippen molar-refractivity contribution in [3.05, 3.63) is 0 Å². The van der Waals surface area contributed by atoms with Crippen LogP contribution in [0, 0.1) is 17.3 Å². The number of hydrogen-bond donors (Lipinski definition) is 1. The van der Waals surface area contributed by atoms with Gasteiger partial charge in [-0.1, -0.05) is 26.2 Å². The fourth-order valence-corrected chi connectivity index (χ4v) is 7.04. The lowest BCUT2D eigenvalue weighted by molar-refractivity contribution is -0.121. The smallest absolute Gasteiger partial charge is 0.219 e. The summed E-state index contributed by atoms with van der Waals surface area (Å²) in [5.41, 5.74) is 0.841. The molecule has 0 radical (unpaired) electrons. The average molecular weight is 347 g/mol. The molecule has 2 spiro atoms. The normalized spacial score (nSPS) is 42.5. The fraction of sp³-hybridized carbons (Fsp3) is 0.952. The third-order valence-electron chi connectivity index (χ3n) is 8.43. The summed E-state index contributed by atoms with van der Waals surface area (Å²) in [6, 6.07) is 0.812. The number of likely N-dealkylation sites (tertiary alicyclic amines) is 1. The molecule has 5 fully saturated rings. The summed E-state index contributed by atoms with van der Waals surface area (Å²) in [4.78, 5) is 14.5. The van der Waals surface area contributed by atoms with Gasteiger partial charge in [-0.3, -0.25) is 9.69 Å². The van der Waals surface area contributed by atoms with Crippen molar-refractivity contribution in [3.8, 4) is 0 Å².